The van der Waals surface area contributed by atoms with Crippen LogP contribution in [0.1, 0.15) is 90.6 Å². The summed E-state index contributed by atoms with van der Waals surface area (Å²) in [5.41, 5.74) is 3.08. The van der Waals surface area contributed by atoms with E-state index < -0.39 is 28.8 Å². The minimum absolute atomic E-state index is 0. The minimum Gasteiger partial charge on any atom is -0.358 e. The SMILES string of the molecule is C=C/C(=C\C=C(/C)CNC(=O)C1CCCN1C(=O)[C@@H](NC(=O)C1(C#N)CC1)C(C)(C)C)c1scnc1C.CC[CH-]CC.[CH3-].[Y]. The third kappa shape index (κ3) is 11.7. The number of likely N-dealkylation sites (tertiary alicyclic amines) is 1. The maximum Gasteiger partial charge on any atom is 0.246 e. The summed E-state index contributed by atoms with van der Waals surface area (Å²) in [7, 11) is 0. The number of thiazole rings is 1. The van der Waals surface area contributed by atoms with Gasteiger partial charge in [0.1, 0.15) is 17.5 Å². The smallest absolute Gasteiger partial charge is 0.246 e. The molecule has 8 nitrogen and oxygen atoms in total. The molecule has 1 aromatic rings. The van der Waals surface area contributed by atoms with Crippen LogP contribution in [0.5, 0.6) is 0 Å². The first-order chi connectivity index (χ1) is 19.8. The summed E-state index contributed by atoms with van der Waals surface area (Å²) in [6.45, 7) is 18.5. The molecule has 2 fully saturated rings. The van der Waals surface area contributed by atoms with Crippen molar-refractivity contribution >= 4 is 34.6 Å². The number of nitriles is 1. The second-order valence-electron chi connectivity index (χ2n) is 12.1. The number of allylic oxidation sites excluding steroid dienone is 4. The number of carbonyl (C=O) groups excluding carboxylic acids is 3. The molecule has 0 aromatic carbocycles. The van der Waals surface area contributed by atoms with Crippen LogP contribution >= 0.6 is 11.3 Å². The summed E-state index contributed by atoms with van der Waals surface area (Å²) in [4.78, 5) is 46.4. The Balaban J connectivity index is 0.00000244. The Kier molecular flexibility index (Phi) is 18.4. The van der Waals surface area contributed by atoms with E-state index in [1.165, 1.54) is 12.8 Å². The molecular weight excluding hydrogens is 647 g/mol. The van der Waals surface area contributed by atoms with E-state index in [9.17, 15) is 19.6 Å². The number of nitrogens with zero attached hydrogens (tertiary/aromatic N) is 3. The molecule has 1 saturated carbocycles. The number of aromatic nitrogens is 1. The van der Waals surface area contributed by atoms with Crippen molar-refractivity contribution in [3.8, 4) is 6.07 Å². The molecule has 10 heteroatoms. The Morgan fingerprint density at radius 2 is 1.91 bits per heavy atom. The molecule has 2 aliphatic rings. The van der Waals surface area contributed by atoms with E-state index in [4.69, 9.17) is 0 Å². The number of rotatable bonds is 11. The molecule has 1 unspecified atom stereocenters. The molecule has 44 heavy (non-hydrogen) atoms. The van der Waals surface area contributed by atoms with Gasteiger partial charge in [0, 0.05) is 45.8 Å². The third-order valence-corrected chi connectivity index (χ3v) is 8.50. The van der Waals surface area contributed by atoms with Gasteiger partial charge in [-0.25, -0.2) is 4.98 Å². The average molecular weight is 699 g/mol. The van der Waals surface area contributed by atoms with Gasteiger partial charge < -0.3 is 29.4 Å². The van der Waals surface area contributed by atoms with E-state index >= 15 is 0 Å². The fourth-order valence-electron chi connectivity index (χ4n) is 4.64. The van der Waals surface area contributed by atoms with E-state index in [1.807, 2.05) is 46.8 Å². The van der Waals surface area contributed by atoms with Crippen LogP contribution in [0.25, 0.3) is 5.57 Å². The number of aryl methyl sites for hydroxylation is 1. The summed E-state index contributed by atoms with van der Waals surface area (Å²) < 4.78 is 0. The van der Waals surface area contributed by atoms with E-state index in [2.05, 4.69) is 48.5 Å². The van der Waals surface area contributed by atoms with Gasteiger partial charge in [0.2, 0.25) is 17.7 Å². The molecule has 3 rings (SSSR count). The molecule has 1 aliphatic heterocycles. The summed E-state index contributed by atoms with van der Waals surface area (Å²) >= 11 is 1.56. The summed E-state index contributed by atoms with van der Waals surface area (Å²) in [6.07, 6.45) is 12.7. The maximum atomic E-state index is 13.6. The first-order valence-corrected chi connectivity index (χ1v) is 15.8. The molecule has 3 amide bonds. The van der Waals surface area contributed by atoms with Gasteiger partial charge in [-0.05, 0) is 50.5 Å². The molecule has 1 aliphatic carbocycles. The van der Waals surface area contributed by atoms with Gasteiger partial charge in [-0.2, -0.15) is 18.1 Å². The van der Waals surface area contributed by atoms with Gasteiger partial charge in [0.25, 0.3) is 0 Å². The zero-order valence-corrected chi connectivity index (χ0v) is 31.6. The predicted molar refractivity (Wildman–Crippen MR) is 176 cm³/mol. The van der Waals surface area contributed by atoms with Crippen molar-refractivity contribution in [3.05, 3.63) is 60.3 Å². The van der Waals surface area contributed by atoms with Crippen molar-refractivity contribution in [2.24, 2.45) is 10.8 Å². The Hall–Kier alpha value is -2.15. The largest absolute Gasteiger partial charge is 0.358 e. The average Bonchev–Trinajstić information content (AvgIpc) is 3.39. The minimum atomic E-state index is -1.02. The quantitative estimate of drug-likeness (QED) is 0.206. The first-order valence-electron chi connectivity index (χ1n) is 14.9. The van der Waals surface area contributed by atoms with Crippen LogP contribution in [0.3, 0.4) is 0 Å². The molecule has 0 bridgehead atoms. The number of nitrogens with one attached hydrogen (secondary N) is 2. The number of unbranched alkanes of at least 4 members (excludes halogenated alkanes) is 2. The van der Waals surface area contributed by atoms with Crippen LogP contribution in [-0.4, -0.2) is 52.8 Å². The molecule has 1 saturated heterocycles. The zero-order valence-electron chi connectivity index (χ0n) is 28.0. The third-order valence-electron chi connectivity index (χ3n) is 7.52. The second-order valence-corrected chi connectivity index (χ2v) is 12.9. The summed E-state index contributed by atoms with van der Waals surface area (Å²) in [5.74, 6) is -0.887. The fourth-order valence-corrected chi connectivity index (χ4v) is 5.47. The molecule has 2 heterocycles. The maximum absolute atomic E-state index is 13.6. The molecule has 241 valence electrons. The van der Waals surface area contributed by atoms with Crippen molar-refractivity contribution in [3.63, 3.8) is 0 Å². The number of hydrogen-bond donors (Lipinski definition) is 2. The number of carbonyl (C=O) groups is 3. The monoisotopic (exact) mass is 698 g/mol. The van der Waals surface area contributed by atoms with E-state index in [-0.39, 0.29) is 52.0 Å². The van der Waals surface area contributed by atoms with Crippen LogP contribution in [0.2, 0.25) is 0 Å². The Morgan fingerprint density at radius 3 is 2.36 bits per heavy atom. The van der Waals surface area contributed by atoms with Crippen molar-refractivity contribution < 1.29 is 47.1 Å². The molecule has 2 atom stereocenters. The van der Waals surface area contributed by atoms with Gasteiger partial charge in [-0.3, -0.25) is 14.4 Å². The van der Waals surface area contributed by atoms with Crippen molar-refractivity contribution in [2.75, 3.05) is 13.1 Å². The van der Waals surface area contributed by atoms with Crippen LogP contribution in [0.15, 0.2) is 35.9 Å². The van der Waals surface area contributed by atoms with Gasteiger partial charge in [0.05, 0.1) is 22.2 Å². The summed E-state index contributed by atoms with van der Waals surface area (Å²) in [6, 6.07) is 0.673. The van der Waals surface area contributed by atoms with Crippen molar-refractivity contribution in [2.45, 2.75) is 99.1 Å². The standard InChI is InChI=1S/C28H37N5O3S.C5H11.CH3.Y/c1-7-20(22-19(3)31-17-37-22)11-10-18(2)15-30-24(34)21-9-8-14-33(21)25(35)23(27(4,5)6)32-26(36)28(16-29)12-13-28;1-3-5-4-2;;/h7,10-11,17,21,23H,1,8-9,12-15H2,2-6H3,(H,30,34)(H,32,36);5H,3-4H2,1-2H3;1H3;/q;2*-1;/b18-10+,20-11+;;;/t21?,23-;;;/m1.../s1. The normalized spacial score (nSPS) is 17.9. The van der Waals surface area contributed by atoms with E-state index in [0.29, 0.717) is 38.8 Å². The predicted octanol–water partition coefficient (Wildman–Crippen LogP) is 6.37. The van der Waals surface area contributed by atoms with Gasteiger partial charge in [-0.15, -0.1) is 11.3 Å². The molecule has 1 radical (unpaired) electrons. The van der Waals surface area contributed by atoms with Crippen LogP contribution in [0.4, 0.5) is 0 Å². The fraction of sp³-hybridized carbons (Fsp3) is 0.559. The van der Waals surface area contributed by atoms with Gasteiger partial charge in [0.15, 0.2) is 0 Å². The number of amides is 3. The Bertz CT molecular complexity index is 1220. The molecule has 1 aromatic heterocycles. The van der Waals surface area contributed by atoms with E-state index in [0.717, 1.165) is 21.7 Å². The van der Waals surface area contributed by atoms with Crippen molar-refractivity contribution in [1.82, 2.24) is 20.5 Å². The van der Waals surface area contributed by atoms with Crippen LogP contribution < -0.4 is 10.6 Å². The van der Waals surface area contributed by atoms with Gasteiger partial charge >= 0.3 is 0 Å². The summed E-state index contributed by atoms with van der Waals surface area (Å²) in [5, 5.41) is 15.2. The molecule has 2 N–H and O–H groups in total. The Labute approximate surface area is 295 Å². The number of hydrogen-bond acceptors (Lipinski definition) is 6. The van der Waals surface area contributed by atoms with Crippen molar-refractivity contribution in [1.29, 1.82) is 5.26 Å². The zero-order chi connectivity index (χ0) is 31.5. The Morgan fingerprint density at radius 1 is 1.27 bits per heavy atom. The topological polar surface area (TPSA) is 115 Å². The second kappa shape index (κ2) is 19.4. The van der Waals surface area contributed by atoms with E-state index in [1.54, 1.807) is 27.8 Å². The van der Waals surface area contributed by atoms with Crippen LogP contribution in [-0.2, 0) is 47.1 Å². The first kappa shape index (κ1) is 41.9. The molecule has 0 spiro atoms. The molecular formula is C34H51N5O3SY-2. The van der Waals surface area contributed by atoms with Crippen LogP contribution in [0, 0.1) is 42.9 Å². The van der Waals surface area contributed by atoms with Gasteiger partial charge in [-0.1, -0.05) is 65.0 Å².